The number of aliphatic imine (C=N–C) groups is 1. The van der Waals surface area contributed by atoms with Gasteiger partial charge in [-0.25, -0.2) is 0 Å². The van der Waals surface area contributed by atoms with E-state index in [2.05, 4.69) is 64.9 Å². The number of aromatic nitrogens is 2. The second-order valence-electron chi connectivity index (χ2n) is 8.05. The van der Waals surface area contributed by atoms with E-state index in [9.17, 15) is 0 Å². The Morgan fingerprint density at radius 3 is 2.68 bits per heavy atom. The zero-order chi connectivity index (χ0) is 21.5. The first-order valence-corrected chi connectivity index (χ1v) is 11.0. The largest absolute Gasteiger partial charge is 0.367 e. The van der Waals surface area contributed by atoms with Gasteiger partial charge in [-0.3, -0.25) is 9.67 Å². The molecule has 172 valence electrons. The van der Waals surface area contributed by atoms with Gasteiger partial charge in [0.25, 0.3) is 0 Å². The van der Waals surface area contributed by atoms with Crippen molar-refractivity contribution < 1.29 is 0 Å². The van der Waals surface area contributed by atoms with Gasteiger partial charge in [0.1, 0.15) is 0 Å². The molecule has 0 radical (unpaired) electrons. The fraction of sp³-hybridized carbons (Fsp3) is 0.545. The number of anilines is 1. The highest BCUT2D eigenvalue weighted by Gasteiger charge is 2.22. The Balaban J connectivity index is 0.00000341. The van der Waals surface area contributed by atoms with E-state index in [0.29, 0.717) is 12.6 Å². The topological polar surface area (TPSA) is 60.7 Å². The minimum Gasteiger partial charge on any atom is -0.367 e. The number of halogens is 2. The van der Waals surface area contributed by atoms with Crippen LogP contribution in [0.15, 0.2) is 41.7 Å². The SMILES string of the molecule is CCNC(=NCC(c1ccc(Cl)cc1)N(C)C)NC1CCCN(c2cnn(C)c2)C1.I. The van der Waals surface area contributed by atoms with E-state index < -0.39 is 0 Å². The number of nitrogens with one attached hydrogen (secondary N) is 2. The predicted molar refractivity (Wildman–Crippen MR) is 141 cm³/mol. The Kier molecular flexibility index (Phi) is 10.4. The number of hydrogen-bond acceptors (Lipinski definition) is 4. The van der Waals surface area contributed by atoms with Crippen LogP contribution in [0.4, 0.5) is 5.69 Å². The summed E-state index contributed by atoms with van der Waals surface area (Å²) >= 11 is 6.06. The van der Waals surface area contributed by atoms with E-state index in [1.807, 2.05) is 30.1 Å². The fourth-order valence-electron chi connectivity index (χ4n) is 3.84. The normalized spacial score (nSPS) is 17.9. The summed E-state index contributed by atoms with van der Waals surface area (Å²) in [7, 11) is 6.13. The molecule has 0 aliphatic carbocycles. The van der Waals surface area contributed by atoms with Gasteiger partial charge in [-0.1, -0.05) is 23.7 Å². The zero-order valence-electron chi connectivity index (χ0n) is 18.9. The van der Waals surface area contributed by atoms with Crippen molar-refractivity contribution in [2.45, 2.75) is 31.8 Å². The first kappa shape index (κ1) is 25.7. The highest BCUT2D eigenvalue weighted by atomic mass is 127. The second kappa shape index (κ2) is 12.5. The summed E-state index contributed by atoms with van der Waals surface area (Å²) in [6.07, 6.45) is 6.30. The highest BCUT2D eigenvalue weighted by molar-refractivity contribution is 14.0. The van der Waals surface area contributed by atoms with Crippen LogP contribution in [0, 0.1) is 0 Å². The maximum absolute atomic E-state index is 6.06. The van der Waals surface area contributed by atoms with Crippen LogP contribution in [0.3, 0.4) is 0 Å². The van der Waals surface area contributed by atoms with Crippen molar-refractivity contribution >= 4 is 47.2 Å². The van der Waals surface area contributed by atoms with Crippen molar-refractivity contribution in [3.8, 4) is 0 Å². The van der Waals surface area contributed by atoms with Gasteiger partial charge < -0.3 is 20.4 Å². The van der Waals surface area contributed by atoms with Crippen LogP contribution in [0.25, 0.3) is 0 Å². The molecular formula is C22H35ClIN7. The summed E-state index contributed by atoms with van der Waals surface area (Å²) in [5.74, 6) is 0.872. The molecule has 0 amide bonds. The molecule has 1 aliphatic heterocycles. The molecule has 3 rings (SSSR count). The molecule has 31 heavy (non-hydrogen) atoms. The molecular weight excluding hydrogens is 525 g/mol. The average Bonchev–Trinajstić information content (AvgIpc) is 3.16. The van der Waals surface area contributed by atoms with Crippen molar-refractivity contribution in [3.63, 3.8) is 0 Å². The van der Waals surface area contributed by atoms with E-state index in [1.165, 1.54) is 11.3 Å². The summed E-state index contributed by atoms with van der Waals surface area (Å²) in [5, 5.41) is 12.1. The van der Waals surface area contributed by atoms with Gasteiger partial charge in [0.2, 0.25) is 0 Å². The first-order chi connectivity index (χ1) is 14.5. The number of rotatable bonds is 7. The molecule has 7 nitrogen and oxygen atoms in total. The second-order valence-corrected chi connectivity index (χ2v) is 8.49. The Hall–Kier alpha value is -1.52. The molecule has 0 bridgehead atoms. The maximum atomic E-state index is 6.06. The van der Waals surface area contributed by atoms with Crippen molar-refractivity contribution in [1.29, 1.82) is 0 Å². The Morgan fingerprint density at radius 2 is 2.06 bits per heavy atom. The highest BCUT2D eigenvalue weighted by Crippen LogP contribution is 2.21. The number of aryl methyl sites for hydroxylation is 1. The lowest BCUT2D eigenvalue weighted by atomic mass is 10.1. The third-order valence-corrected chi connectivity index (χ3v) is 5.72. The molecule has 2 aromatic rings. The summed E-state index contributed by atoms with van der Waals surface area (Å²) < 4.78 is 1.86. The summed E-state index contributed by atoms with van der Waals surface area (Å²) in [4.78, 5) is 9.51. The van der Waals surface area contributed by atoms with Crippen LogP contribution in [0.2, 0.25) is 5.02 Å². The van der Waals surface area contributed by atoms with Gasteiger partial charge in [0, 0.05) is 43.9 Å². The standard InChI is InChI=1S/C22H34ClN7.HI/c1-5-24-22(25-14-21(28(2)3)17-8-10-18(23)11-9-17)27-19-7-6-12-30(15-19)20-13-26-29(4)16-20;/h8-11,13,16,19,21H,5-7,12,14-15H2,1-4H3,(H2,24,25,27);1H. The van der Waals surface area contributed by atoms with Crippen molar-refractivity contribution in [2.24, 2.45) is 12.0 Å². The van der Waals surface area contributed by atoms with Gasteiger partial charge in [-0.15, -0.1) is 24.0 Å². The Labute approximate surface area is 208 Å². The van der Waals surface area contributed by atoms with Crippen molar-refractivity contribution in [2.75, 3.05) is 45.2 Å². The van der Waals surface area contributed by atoms with Crippen molar-refractivity contribution in [3.05, 3.63) is 47.2 Å². The summed E-state index contributed by atoms with van der Waals surface area (Å²) in [6.45, 7) is 5.62. The van der Waals surface area contributed by atoms with Crippen LogP contribution in [0.5, 0.6) is 0 Å². The van der Waals surface area contributed by atoms with E-state index in [0.717, 1.165) is 43.5 Å². The third kappa shape index (κ3) is 7.54. The van der Waals surface area contributed by atoms with Crippen LogP contribution in [-0.2, 0) is 7.05 Å². The van der Waals surface area contributed by atoms with Crippen LogP contribution < -0.4 is 15.5 Å². The number of hydrogen-bond donors (Lipinski definition) is 2. The minimum absolute atomic E-state index is 0. The molecule has 1 aliphatic rings. The lowest BCUT2D eigenvalue weighted by Gasteiger charge is -2.34. The van der Waals surface area contributed by atoms with E-state index >= 15 is 0 Å². The maximum Gasteiger partial charge on any atom is 0.191 e. The number of benzene rings is 1. The Morgan fingerprint density at radius 1 is 1.32 bits per heavy atom. The molecule has 2 atom stereocenters. The number of guanidine groups is 1. The molecule has 9 heteroatoms. The fourth-order valence-corrected chi connectivity index (χ4v) is 3.97. The molecule has 1 saturated heterocycles. The van der Waals surface area contributed by atoms with Gasteiger partial charge >= 0.3 is 0 Å². The summed E-state index contributed by atoms with van der Waals surface area (Å²) in [5.41, 5.74) is 2.39. The number of likely N-dealkylation sites (N-methyl/N-ethyl adjacent to an activating group) is 1. The summed E-state index contributed by atoms with van der Waals surface area (Å²) in [6, 6.07) is 8.58. The molecule has 0 saturated carbocycles. The van der Waals surface area contributed by atoms with Crippen LogP contribution in [0.1, 0.15) is 31.4 Å². The van der Waals surface area contributed by atoms with Gasteiger partial charge in [-0.05, 0) is 51.6 Å². The van der Waals surface area contributed by atoms with E-state index in [1.54, 1.807) is 0 Å². The predicted octanol–water partition coefficient (Wildman–Crippen LogP) is 3.52. The molecule has 0 spiro atoms. The molecule has 2 N–H and O–H groups in total. The smallest absolute Gasteiger partial charge is 0.191 e. The lowest BCUT2D eigenvalue weighted by molar-refractivity contribution is 0.306. The molecule has 1 fully saturated rings. The van der Waals surface area contributed by atoms with E-state index in [4.69, 9.17) is 16.6 Å². The first-order valence-electron chi connectivity index (χ1n) is 10.7. The number of nitrogens with zero attached hydrogens (tertiary/aromatic N) is 5. The molecule has 2 heterocycles. The van der Waals surface area contributed by atoms with Gasteiger partial charge in [0.15, 0.2) is 5.96 Å². The zero-order valence-corrected chi connectivity index (χ0v) is 22.0. The lowest BCUT2D eigenvalue weighted by Crippen LogP contribution is -2.51. The van der Waals surface area contributed by atoms with E-state index in [-0.39, 0.29) is 30.0 Å². The third-order valence-electron chi connectivity index (χ3n) is 5.46. The van der Waals surface area contributed by atoms with Crippen molar-refractivity contribution in [1.82, 2.24) is 25.3 Å². The monoisotopic (exact) mass is 559 g/mol. The number of piperidine rings is 1. The van der Waals surface area contributed by atoms with Gasteiger partial charge in [-0.2, -0.15) is 5.10 Å². The van der Waals surface area contributed by atoms with Crippen LogP contribution >= 0.6 is 35.6 Å². The van der Waals surface area contributed by atoms with Gasteiger partial charge in [0.05, 0.1) is 24.5 Å². The molecule has 1 aromatic heterocycles. The van der Waals surface area contributed by atoms with Crippen LogP contribution in [-0.4, -0.2) is 67.0 Å². The Bertz CT molecular complexity index is 822. The quantitative estimate of drug-likeness (QED) is 0.309. The average molecular weight is 560 g/mol. The molecule has 1 aromatic carbocycles. The molecule has 2 unspecified atom stereocenters. The minimum atomic E-state index is 0.